The second-order valence-electron chi connectivity index (χ2n) is 16.2. The van der Waals surface area contributed by atoms with Crippen molar-refractivity contribution in [3.63, 3.8) is 0 Å². The van der Waals surface area contributed by atoms with Crippen LogP contribution in [0.4, 0.5) is 28.8 Å². The summed E-state index contributed by atoms with van der Waals surface area (Å²) in [4.78, 5) is 46.2. The Morgan fingerprint density at radius 3 is 2.38 bits per heavy atom. The lowest BCUT2D eigenvalue weighted by molar-refractivity contribution is -0.139. The minimum Gasteiger partial charge on any atom is -0.494 e. The van der Waals surface area contributed by atoms with E-state index in [2.05, 4.69) is 36.5 Å². The van der Waals surface area contributed by atoms with Crippen molar-refractivity contribution in [2.75, 3.05) is 48.4 Å². The highest BCUT2D eigenvalue weighted by Gasteiger charge is 2.51. The van der Waals surface area contributed by atoms with E-state index >= 15 is 0 Å². The van der Waals surface area contributed by atoms with Crippen LogP contribution in [0.5, 0.6) is 5.75 Å². The monoisotopic (exact) mass is 704 g/mol. The number of carbonyl (C=O) groups excluding carboxylic acids is 2. The molecule has 2 aliphatic heterocycles. The Morgan fingerprint density at radius 1 is 0.962 bits per heavy atom. The Balaban J connectivity index is 0.880. The number of rotatable bonds is 9. The molecular formula is C40H48N8O4. The summed E-state index contributed by atoms with van der Waals surface area (Å²) in [6.45, 7) is 4.94. The largest absolute Gasteiger partial charge is 0.494 e. The number of amides is 2. The van der Waals surface area contributed by atoms with Crippen molar-refractivity contribution in [3.05, 3.63) is 60.1 Å². The predicted octanol–water partition coefficient (Wildman–Crippen LogP) is 5.64. The first kappa shape index (κ1) is 33.1. The van der Waals surface area contributed by atoms with Crippen LogP contribution in [0.2, 0.25) is 0 Å². The van der Waals surface area contributed by atoms with Crippen LogP contribution in [0.25, 0.3) is 5.57 Å². The number of nitrogens with zero attached hydrogens (tertiary/aromatic N) is 6. The van der Waals surface area contributed by atoms with E-state index in [0.717, 1.165) is 80.0 Å². The number of hydrogen-bond acceptors (Lipinski definition) is 10. The van der Waals surface area contributed by atoms with Gasteiger partial charge in [0, 0.05) is 74.0 Å². The zero-order valence-corrected chi connectivity index (χ0v) is 30.1. The highest BCUT2D eigenvalue weighted by atomic mass is 16.5. The Labute approximate surface area is 304 Å². The van der Waals surface area contributed by atoms with E-state index in [1.54, 1.807) is 42.6 Å². The number of carbonyl (C=O) groups is 2. The first-order valence-electron chi connectivity index (χ1n) is 19.0. The fourth-order valence-corrected chi connectivity index (χ4v) is 10.1. The van der Waals surface area contributed by atoms with E-state index in [0.29, 0.717) is 34.8 Å². The number of ether oxygens (including phenoxy) is 1. The lowest BCUT2D eigenvalue weighted by Crippen LogP contribution is -2.52. The third-order valence-electron chi connectivity index (χ3n) is 12.4. The van der Waals surface area contributed by atoms with Gasteiger partial charge in [-0.25, -0.2) is 4.98 Å². The van der Waals surface area contributed by atoms with E-state index in [-0.39, 0.29) is 23.1 Å². The van der Waals surface area contributed by atoms with Crippen molar-refractivity contribution >= 4 is 46.2 Å². The summed E-state index contributed by atoms with van der Waals surface area (Å²) < 4.78 is 5.83. The first-order valence-corrected chi connectivity index (χ1v) is 19.0. The molecule has 0 radical (unpaired) electrons. The smallest absolute Gasteiger partial charge is 0.270 e. The van der Waals surface area contributed by atoms with E-state index in [9.17, 15) is 14.7 Å². The number of pyridine rings is 1. The predicted molar refractivity (Wildman–Crippen MR) is 199 cm³/mol. The van der Waals surface area contributed by atoms with Gasteiger partial charge in [0.05, 0.1) is 12.8 Å². The number of allylic oxidation sites excluding steroid dienone is 1. The quantitative estimate of drug-likeness (QED) is 0.257. The lowest BCUT2D eigenvalue weighted by atomic mass is 9.49. The van der Waals surface area contributed by atoms with Crippen molar-refractivity contribution in [3.8, 4) is 5.75 Å². The number of aliphatic hydroxyl groups is 1. The summed E-state index contributed by atoms with van der Waals surface area (Å²) in [5.41, 5.74) is 4.51. The molecule has 0 spiro atoms. The molecule has 10 rings (SSSR count). The summed E-state index contributed by atoms with van der Waals surface area (Å²) in [6.07, 6.45) is 14.8. The van der Waals surface area contributed by atoms with Gasteiger partial charge < -0.3 is 30.3 Å². The van der Waals surface area contributed by atoms with Crippen molar-refractivity contribution in [1.82, 2.24) is 25.2 Å². The van der Waals surface area contributed by atoms with Gasteiger partial charge in [0.1, 0.15) is 17.3 Å². The number of anilines is 5. The number of methoxy groups -OCH3 is 1. The molecule has 3 N–H and O–H groups in total. The molecule has 6 fully saturated rings. The second kappa shape index (κ2) is 13.1. The number of nitrogens with one attached hydrogen (secondary N) is 2. The van der Waals surface area contributed by atoms with Gasteiger partial charge in [-0.15, -0.1) is 0 Å². The SMILES string of the molecule is COc1cc(N2CCN(C(=O)CC34CC5CC(CC(C5)C3)C4)CC2)ccc1Nc1ncc2c(n1)N(c1ccnc(C(=O)NC3CC3)c1)C(O)C=C2C. The molecule has 4 bridgehead atoms. The van der Waals surface area contributed by atoms with Crippen LogP contribution in [0, 0.1) is 23.2 Å². The third kappa shape index (κ3) is 6.35. The van der Waals surface area contributed by atoms with Gasteiger partial charge >= 0.3 is 0 Å². The molecule has 1 atom stereocenters. The van der Waals surface area contributed by atoms with Crippen LogP contribution in [-0.4, -0.2) is 82.3 Å². The Bertz CT molecular complexity index is 1880. The average Bonchev–Trinajstić information content (AvgIpc) is 3.95. The van der Waals surface area contributed by atoms with Gasteiger partial charge in [0.25, 0.3) is 5.91 Å². The maximum Gasteiger partial charge on any atom is 0.270 e. The molecule has 2 amide bonds. The van der Waals surface area contributed by atoms with Crippen LogP contribution < -0.4 is 25.2 Å². The normalized spacial score (nSPS) is 27.6. The summed E-state index contributed by atoms with van der Waals surface area (Å²) in [7, 11) is 1.64. The van der Waals surface area contributed by atoms with Gasteiger partial charge in [-0.2, -0.15) is 4.98 Å². The molecule has 272 valence electrons. The number of piperazine rings is 1. The molecular weight excluding hydrogens is 656 g/mol. The van der Waals surface area contributed by atoms with Crippen molar-refractivity contribution in [1.29, 1.82) is 0 Å². The molecule has 1 aromatic carbocycles. The number of aromatic nitrogens is 3. The second-order valence-corrected chi connectivity index (χ2v) is 16.2. The molecule has 1 saturated heterocycles. The van der Waals surface area contributed by atoms with E-state index in [1.165, 1.54) is 38.5 Å². The highest BCUT2D eigenvalue weighted by molar-refractivity contribution is 5.94. The molecule has 2 aromatic heterocycles. The van der Waals surface area contributed by atoms with Crippen LogP contribution in [0.1, 0.15) is 80.8 Å². The molecule has 3 aromatic rings. The highest BCUT2D eigenvalue weighted by Crippen LogP contribution is 2.61. The summed E-state index contributed by atoms with van der Waals surface area (Å²) in [5.74, 6) is 4.19. The summed E-state index contributed by atoms with van der Waals surface area (Å²) in [5, 5.41) is 17.5. The van der Waals surface area contributed by atoms with Gasteiger partial charge in [-0.3, -0.25) is 19.5 Å². The maximum absolute atomic E-state index is 13.6. The molecule has 12 nitrogen and oxygen atoms in total. The lowest BCUT2D eigenvalue weighted by Gasteiger charge is -2.57. The van der Waals surface area contributed by atoms with Crippen LogP contribution in [0.3, 0.4) is 0 Å². The minimum atomic E-state index is -1.00. The first-order chi connectivity index (χ1) is 25.2. The van der Waals surface area contributed by atoms with Crippen molar-refractivity contribution < 1.29 is 19.4 Å². The minimum absolute atomic E-state index is 0.207. The van der Waals surface area contributed by atoms with Crippen molar-refractivity contribution in [2.45, 2.75) is 77.0 Å². The van der Waals surface area contributed by atoms with E-state index in [4.69, 9.17) is 9.72 Å². The van der Waals surface area contributed by atoms with Gasteiger partial charge in [-0.05, 0) is 117 Å². The van der Waals surface area contributed by atoms with E-state index < -0.39 is 6.23 Å². The van der Waals surface area contributed by atoms with Gasteiger partial charge in [0.15, 0.2) is 6.23 Å². The standard InChI is InChI=1S/C40H48N8O4/c1-24-13-35(49)48(30-7-8-41-33(17-30)38(51)43-28-3-4-28)37-31(24)23-42-39(45-37)44-32-6-5-29(18-34(32)52-2)46-9-11-47(12-10-46)36(50)22-40-19-25-14-26(20-40)16-27(15-25)21-40/h5-8,13,17-18,23,25-28,35,49H,3-4,9-12,14-16,19-22H2,1-2H3,(H,43,51)(H,42,44,45). The third-order valence-corrected chi connectivity index (χ3v) is 12.4. The van der Waals surface area contributed by atoms with Crippen LogP contribution >= 0.6 is 0 Å². The van der Waals surface area contributed by atoms with E-state index in [1.807, 2.05) is 19.1 Å². The zero-order valence-electron chi connectivity index (χ0n) is 30.1. The molecule has 5 saturated carbocycles. The van der Waals surface area contributed by atoms with Crippen LogP contribution in [-0.2, 0) is 4.79 Å². The topological polar surface area (TPSA) is 136 Å². The molecule has 52 heavy (non-hydrogen) atoms. The number of aliphatic hydroxyl groups excluding tert-OH is 1. The molecule has 5 aliphatic carbocycles. The molecule has 4 heterocycles. The fourth-order valence-electron chi connectivity index (χ4n) is 10.1. The fraction of sp³-hybridized carbons (Fsp3) is 0.525. The summed E-state index contributed by atoms with van der Waals surface area (Å²) in [6, 6.07) is 9.68. The zero-order chi connectivity index (χ0) is 35.6. The molecule has 1 unspecified atom stereocenters. The number of benzene rings is 1. The Hall–Kier alpha value is -4.71. The van der Waals surface area contributed by atoms with Crippen molar-refractivity contribution in [2.24, 2.45) is 23.2 Å². The number of fused-ring (bicyclic) bond motifs is 1. The summed E-state index contributed by atoms with van der Waals surface area (Å²) >= 11 is 0. The Kier molecular flexibility index (Phi) is 8.32. The van der Waals surface area contributed by atoms with Gasteiger partial charge in [-0.1, -0.05) is 0 Å². The molecule has 12 heteroatoms. The Morgan fingerprint density at radius 2 is 1.69 bits per heavy atom. The maximum atomic E-state index is 13.6. The number of hydrogen-bond donors (Lipinski definition) is 3. The van der Waals surface area contributed by atoms with Crippen LogP contribution in [0.15, 0.2) is 48.8 Å². The average molecular weight is 705 g/mol. The van der Waals surface area contributed by atoms with Gasteiger partial charge in [0.2, 0.25) is 11.9 Å². The molecule has 7 aliphatic rings.